The lowest BCUT2D eigenvalue weighted by atomic mass is 9.99. The summed E-state index contributed by atoms with van der Waals surface area (Å²) in [6, 6.07) is 7.76. The van der Waals surface area contributed by atoms with Crippen molar-refractivity contribution in [3.63, 3.8) is 0 Å². The van der Waals surface area contributed by atoms with Gasteiger partial charge in [-0.1, -0.05) is 38.1 Å². The molecule has 0 aliphatic heterocycles. The second-order valence-electron chi connectivity index (χ2n) is 5.52. The van der Waals surface area contributed by atoms with Gasteiger partial charge < -0.3 is 5.73 Å². The standard InChI is InChI=1S/C14H22N2O2S/c1-10(2)11-3-5-12(6-4-11)14(15)9-16-19(17,18)13-7-8-13/h3-6,10,13-14,16H,7-9,15H2,1-2H3. The molecule has 0 radical (unpaired) electrons. The Labute approximate surface area is 115 Å². The molecule has 0 aromatic heterocycles. The third-order valence-electron chi connectivity index (χ3n) is 3.50. The van der Waals surface area contributed by atoms with Crippen LogP contribution in [0.1, 0.15) is 49.8 Å². The monoisotopic (exact) mass is 282 g/mol. The minimum absolute atomic E-state index is 0.192. The van der Waals surface area contributed by atoms with Crippen LogP contribution in [0.4, 0.5) is 0 Å². The Kier molecular flexibility index (Phi) is 4.28. The van der Waals surface area contributed by atoms with Crippen LogP contribution in [0.2, 0.25) is 0 Å². The first-order chi connectivity index (χ1) is 8.90. The van der Waals surface area contributed by atoms with Crippen LogP contribution in [0.5, 0.6) is 0 Å². The molecular weight excluding hydrogens is 260 g/mol. The quantitative estimate of drug-likeness (QED) is 0.837. The number of nitrogens with two attached hydrogens (primary N) is 1. The summed E-state index contributed by atoms with van der Waals surface area (Å²) in [5.41, 5.74) is 8.24. The van der Waals surface area contributed by atoms with Crippen molar-refractivity contribution in [3.05, 3.63) is 35.4 Å². The van der Waals surface area contributed by atoms with E-state index in [1.165, 1.54) is 5.56 Å². The van der Waals surface area contributed by atoms with Crippen molar-refractivity contribution in [2.75, 3.05) is 6.54 Å². The highest BCUT2D eigenvalue weighted by Gasteiger charge is 2.35. The van der Waals surface area contributed by atoms with Crippen molar-refractivity contribution in [1.29, 1.82) is 0 Å². The van der Waals surface area contributed by atoms with Gasteiger partial charge in [-0.15, -0.1) is 0 Å². The van der Waals surface area contributed by atoms with Gasteiger partial charge in [0.2, 0.25) is 10.0 Å². The molecular formula is C14H22N2O2S. The first kappa shape index (κ1) is 14.5. The van der Waals surface area contributed by atoms with E-state index in [0.29, 0.717) is 5.92 Å². The van der Waals surface area contributed by atoms with Crippen LogP contribution in [-0.2, 0) is 10.0 Å². The molecule has 1 aromatic rings. The molecule has 1 aromatic carbocycles. The van der Waals surface area contributed by atoms with Crippen molar-refractivity contribution in [2.24, 2.45) is 5.73 Å². The summed E-state index contributed by atoms with van der Waals surface area (Å²) < 4.78 is 26.0. The molecule has 1 atom stereocenters. The van der Waals surface area contributed by atoms with Crippen LogP contribution >= 0.6 is 0 Å². The Balaban J connectivity index is 1.94. The summed E-state index contributed by atoms with van der Waals surface area (Å²) in [4.78, 5) is 0. The highest BCUT2D eigenvalue weighted by Crippen LogP contribution is 2.27. The SMILES string of the molecule is CC(C)c1ccc(C(N)CNS(=O)(=O)C2CC2)cc1. The van der Waals surface area contributed by atoms with E-state index in [9.17, 15) is 8.42 Å². The molecule has 0 saturated heterocycles. The van der Waals surface area contributed by atoms with Gasteiger partial charge >= 0.3 is 0 Å². The maximum absolute atomic E-state index is 11.7. The lowest BCUT2D eigenvalue weighted by Crippen LogP contribution is -2.34. The molecule has 4 nitrogen and oxygen atoms in total. The summed E-state index contributed by atoms with van der Waals surface area (Å²) >= 11 is 0. The minimum atomic E-state index is -3.14. The first-order valence-electron chi connectivity index (χ1n) is 6.74. The van der Waals surface area contributed by atoms with Crippen molar-refractivity contribution < 1.29 is 8.42 Å². The summed E-state index contributed by atoms with van der Waals surface area (Å²) in [7, 11) is -3.14. The number of hydrogen-bond donors (Lipinski definition) is 2. The Morgan fingerprint density at radius 3 is 2.21 bits per heavy atom. The highest BCUT2D eigenvalue weighted by atomic mass is 32.2. The molecule has 3 N–H and O–H groups in total. The molecule has 0 amide bonds. The molecule has 106 valence electrons. The molecule has 1 aliphatic carbocycles. The zero-order valence-electron chi connectivity index (χ0n) is 11.5. The van der Waals surface area contributed by atoms with E-state index in [-0.39, 0.29) is 17.8 Å². The summed E-state index contributed by atoms with van der Waals surface area (Å²) in [6.07, 6.45) is 1.54. The predicted octanol–water partition coefficient (Wildman–Crippen LogP) is 1.89. The molecule has 5 heteroatoms. The Bertz CT molecular complexity index is 519. The maximum atomic E-state index is 11.7. The molecule has 1 aliphatic rings. The Morgan fingerprint density at radius 2 is 1.74 bits per heavy atom. The van der Waals surface area contributed by atoms with Crippen molar-refractivity contribution in [1.82, 2.24) is 4.72 Å². The van der Waals surface area contributed by atoms with E-state index in [2.05, 4.69) is 30.7 Å². The van der Waals surface area contributed by atoms with Gasteiger partial charge in [-0.05, 0) is 29.9 Å². The van der Waals surface area contributed by atoms with Gasteiger partial charge in [0.15, 0.2) is 0 Å². The predicted molar refractivity (Wildman–Crippen MR) is 77.4 cm³/mol. The van der Waals surface area contributed by atoms with E-state index in [1.807, 2.05) is 12.1 Å². The normalized spacial score (nSPS) is 17.7. The van der Waals surface area contributed by atoms with E-state index in [1.54, 1.807) is 0 Å². The molecule has 2 rings (SSSR count). The average molecular weight is 282 g/mol. The topological polar surface area (TPSA) is 72.2 Å². The summed E-state index contributed by atoms with van der Waals surface area (Å²) in [6.45, 7) is 4.54. The highest BCUT2D eigenvalue weighted by molar-refractivity contribution is 7.90. The van der Waals surface area contributed by atoms with E-state index in [4.69, 9.17) is 5.73 Å². The molecule has 0 spiro atoms. The lowest BCUT2D eigenvalue weighted by molar-refractivity contribution is 0.571. The zero-order chi connectivity index (χ0) is 14.0. The summed E-state index contributed by atoms with van der Waals surface area (Å²) in [5, 5.41) is -0.192. The fourth-order valence-corrected chi connectivity index (χ4v) is 3.35. The van der Waals surface area contributed by atoms with E-state index >= 15 is 0 Å². The van der Waals surface area contributed by atoms with Crippen LogP contribution in [0.25, 0.3) is 0 Å². The zero-order valence-corrected chi connectivity index (χ0v) is 12.3. The van der Waals surface area contributed by atoms with Crippen LogP contribution in [-0.4, -0.2) is 20.2 Å². The number of sulfonamides is 1. The third-order valence-corrected chi connectivity index (χ3v) is 5.42. The third kappa shape index (κ3) is 3.78. The Hall–Kier alpha value is -0.910. The van der Waals surface area contributed by atoms with Crippen molar-refractivity contribution in [2.45, 2.75) is 43.9 Å². The van der Waals surface area contributed by atoms with Crippen molar-refractivity contribution >= 4 is 10.0 Å². The van der Waals surface area contributed by atoms with Gasteiger partial charge in [-0.3, -0.25) is 0 Å². The van der Waals surface area contributed by atoms with Gasteiger partial charge in [0, 0.05) is 12.6 Å². The number of hydrogen-bond acceptors (Lipinski definition) is 3. The van der Waals surface area contributed by atoms with Gasteiger partial charge in [0.05, 0.1) is 5.25 Å². The van der Waals surface area contributed by atoms with Gasteiger partial charge in [-0.25, -0.2) is 13.1 Å². The average Bonchev–Trinajstić information content (AvgIpc) is 3.20. The molecule has 0 heterocycles. The van der Waals surface area contributed by atoms with Gasteiger partial charge in [0.25, 0.3) is 0 Å². The van der Waals surface area contributed by atoms with Crippen LogP contribution in [0, 0.1) is 0 Å². The maximum Gasteiger partial charge on any atom is 0.214 e. The van der Waals surface area contributed by atoms with E-state index < -0.39 is 10.0 Å². The lowest BCUT2D eigenvalue weighted by Gasteiger charge is -2.14. The second kappa shape index (κ2) is 5.61. The molecule has 1 saturated carbocycles. The largest absolute Gasteiger partial charge is 0.323 e. The van der Waals surface area contributed by atoms with Crippen molar-refractivity contribution in [3.8, 4) is 0 Å². The van der Waals surface area contributed by atoms with Gasteiger partial charge in [0.1, 0.15) is 0 Å². The number of rotatable bonds is 6. The van der Waals surface area contributed by atoms with Crippen LogP contribution in [0.15, 0.2) is 24.3 Å². The van der Waals surface area contributed by atoms with Crippen LogP contribution in [0.3, 0.4) is 0 Å². The molecule has 0 bridgehead atoms. The fraction of sp³-hybridized carbons (Fsp3) is 0.571. The van der Waals surface area contributed by atoms with Crippen LogP contribution < -0.4 is 10.5 Å². The van der Waals surface area contributed by atoms with Gasteiger partial charge in [-0.2, -0.15) is 0 Å². The van der Waals surface area contributed by atoms with E-state index in [0.717, 1.165) is 18.4 Å². The number of nitrogens with one attached hydrogen (secondary N) is 1. The summed E-state index contributed by atoms with van der Waals surface area (Å²) in [5.74, 6) is 0.485. The fourth-order valence-electron chi connectivity index (χ4n) is 1.95. The Morgan fingerprint density at radius 1 is 1.21 bits per heavy atom. The number of benzene rings is 1. The molecule has 1 unspecified atom stereocenters. The minimum Gasteiger partial charge on any atom is -0.323 e. The smallest absolute Gasteiger partial charge is 0.214 e. The first-order valence-corrected chi connectivity index (χ1v) is 8.28. The molecule has 1 fully saturated rings. The molecule has 19 heavy (non-hydrogen) atoms. The second-order valence-corrected chi connectivity index (χ2v) is 7.57.